The van der Waals surface area contributed by atoms with E-state index in [1.807, 2.05) is 24.3 Å². The fourth-order valence-electron chi connectivity index (χ4n) is 1.99. The predicted octanol–water partition coefficient (Wildman–Crippen LogP) is -0.0801. The van der Waals surface area contributed by atoms with Crippen LogP contribution in [0.4, 0.5) is 0 Å². The summed E-state index contributed by atoms with van der Waals surface area (Å²) in [6.07, 6.45) is 0.294. The van der Waals surface area contributed by atoms with Crippen LogP contribution in [0.25, 0.3) is 0 Å². The normalized spacial score (nSPS) is 19.2. The van der Waals surface area contributed by atoms with Gasteiger partial charge < -0.3 is 15.2 Å². The zero-order valence-electron chi connectivity index (χ0n) is 10.6. The van der Waals surface area contributed by atoms with Crippen molar-refractivity contribution < 1.29 is 9.47 Å². The predicted molar refractivity (Wildman–Crippen MR) is 66.8 cm³/mol. The molecule has 2 N–H and O–H groups in total. The molecule has 1 aliphatic rings. The van der Waals surface area contributed by atoms with Gasteiger partial charge in [-0.25, -0.2) is 0 Å². The van der Waals surface area contributed by atoms with Crippen LogP contribution in [0.3, 0.4) is 0 Å². The van der Waals surface area contributed by atoms with Crippen LogP contribution in [-0.4, -0.2) is 39.0 Å². The molecule has 2 heterocycles. The van der Waals surface area contributed by atoms with Crippen LogP contribution in [0.2, 0.25) is 0 Å². The third-order valence-corrected chi connectivity index (χ3v) is 2.98. The Kier molecular flexibility index (Phi) is 3.04. The summed E-state index contributed by atoms with van der Waals surface area (Å²) in [6, 6.07) is 7.32. The van der Waals surface area contributed by atoms with Gasteiger partial charge in [0.25, 0.3) is 0 Å². The van der Waals surface area contributed by atoms with E-state index in [4.69, 9.17) is 15.2 Å². The first-order valence-corrected chi connectivity index (χ1v) is 6.09. The zero-order valence-corrected chi connectivity index (χ0v) is 10.6. The summed E-state index contributed by atoms with van der Waals surface area (Å²) in [5.41, 5.74) is 6.12. The van der Waals surface area contributed by atoms with Crippen molar-refractivity contribution >= 4 is 0 Å². The van der Waals surface area contributed by atoms with E-state index < -0.39 is 0 Å². The van der Waals surface area contributed by atoms with E-state index in [-0.39, 0.29) is 12.1 Å². The largest absolute Gasteiger partial charge is 0.486 e. The molecular weight excluding hydrogens is 246 g/mol. The number of rotatable bonds is 3. The van der Waals surface area contributed by atoms with E-state index in [9.17, 15) is 0 Å². The lowest BCUT2D eigenvalue weighted by molar-refractivity contribution is 0.0718. The first-order valence-electron chi connectivity index (χ1n) is 6.09. The van der Waals surface area contributed by atoms with Crippen LogP contribution < -0.4 is 15.2 Å². The van der Waals surface area contributed by atoms with Crippen molar-refractivity contribution in [2.24, 2.45) is 12.8 Å². The number of nitrogens with two attached hydrogens (primary N) is 1. The second-order valence-corrected chi connectivity index (χ2v) is 4.48. The highest BCUT2D eigenvalue weighted by Gasteiger charge is 2.27. The van der Waals surface area contributed by atoms with Crippen LogP contribution in [0, 0.1) is 0 Å². The lowest BCUT2D eigenvalue weighted by atomic mass is 10.1. The fourth-order valence-corrected chi connectivity index (χ4v) is 1.99. The van der Waals surface area contributed by atoms with Crippen LogP contribution in [0.5, 0.6) is 11.5 Å². The van der Waals surface area contributed by atoms with Crippen LogP contribution >= 0.6 is 0 Å². The molecule has 3 rings (SSSR count). The highest BCUT2D eigenvalue weighted by atomic mass is 16.6. The Bertz CT molecular complexity index is 571. The molecule has 0 saturated carbocycles. The number of tetrazole rings is 1. The molecule has 2 atom stereocenters. The summed E-state index contributed by atoms with van der Waals surface area (Å²) in [6.45, 7) is 0.429. The van der Waals surface area contributed by atoms with Crippen molar-refractivity contribution in [1.29, 1.82) is 0 Å². The molecule has 0 spiro atoms. The molecule has 7 heteroatoms. The minimum Gasteiger partial charge on any atom is -0.486 e. The molecule has 0 amide bonds. The second-order valence-electron chi connectivity index (χ2n) is 4.48. The minimum absolute atomic E-state index is 0.210. The Hall–Kier alpha value is -2.15. The second kappa shape index (κ2) is 4.85. The SMILES string of the molecule is Cn1nnc(CC(N)C2COc3ccccc3O2)n1. The first-order chi connectivity index (χ1) is 9.22. The Morgan fingerprint density at radius 1 is 1.42 bits per heavy atom. The number of hydrogen-bond donors (Lipinski definition) is 1. The molecule has 100 valence electrons. The maximum Gasteiger partial charge on any atom is 0.176 e. The number of aromatic nitrogens is 4. The molecule has 2 unspecified atom stereocenters. The van der Waals surface area contributed by atoms with Crippen LogP contribution in [0.1, 0.15) is 5.82 Å². The van der Waals surface area contributed by atoms with Gasteiger partial charge in [0.1, 0.15) is 12.7 Å². The molecule has 1 aromatic heterocycles. The summed E-state index contributed by atoms with van der Waals surface area (Å²) in [5.74, 6) is 2.09. The molecule has 1 aromatic carbocycles. The van der Waals surface area contributed by atoms with Gasteiger partial charge >= 0.3 is 0 Å². The molecule has 0 radical (unpaired) electrons. The van der Waals surface area contributed by atoms with Crippen LogP contribution in [-0.2, 0) is 13.5 Å². The maximum absolute atomic E-state index is 6.12. The van der Waals surface area contributed by atoms with Gasteiger partial charge in [-0.15, -0.1) is 10.2 Å². The summed E-state index contributed by atoms with van der Waals surface area (Å²) < 4.78 is 11.5. The molecule has 0 fully saturated rings. The summed E-state index contributed by atoms with van der Waals surface area (Å²) in [4.78, 5) is 1.41. The number of nitrogens with zero attached hydrogens (tertiary/aromatic N) is 4. The maximum atomic E-state index is 6.12. The molecule has 0 saturated heterocycles. The van der Waals surface area contributed by atoms with Gasteiger partial charge in [-0.3, -0.25) is 0 Å². The average molecular weight is 261 g/mol. The quantitative estimate of drug-likeness (QED) is 0.831. The van der Waals surface area contributed by atoms with E-state index in [0.29, 0.717) is 18.9 Å². The van der Waals surface area contributed by atoms with Crippen molar-refractivity contribution in [3.63, 3.8) is 0 Å². The van der Waals surface area contributed by atoms with Gasteiger partial charge in [-0.05, 0) is 17.3 Å². The third kappa shape index (κ3) is 2.50. The molecule has 0 bridgehead atoms. The Morgan fingerprint density at radius 3 is 2.95 bits per heavy atom. The summed E-state index contributed by atoms with van der Waals surface area (Å²) in [5, 5.41) is 11.8. The summed E-state index contributed by atoms with van der Waals surface area (Å²) >= 11 is 0. The lowest BCUT2D eigenvalue weighted by Gasteiger charge is -2.29. The van der Waals surface area contributed by atoms with Gasteiger partial charge in [0.15, 0.2) is 17.3 Å². The van der Waals surface area contributed by atoms with Crippen molar-refractivity contribution in [2.75, 3.05) is 6.61 Å². The Balaban J connectivity index is 1.67. The van der Waals surface area contributed by atoms with Crippen molar-refractivity contribution in [3.8, 4) is 11.5 Å². The number of benzene rings is 1. The smallest absolute Gasteiger partial charge is 0.176 e. The monoisotopic (exact) mass is 261 g/mol. The van der Waals surface area contributed by atoms with Gasteiger partial charge in [0.2, 0.25) is 0 Å². The van der Waals surface area contributed by atoms with Crippen LogP contribution in [0.15, 0.2) is 24.3 Å². The molecule has 2 aromatic rings. The van der Waals surface area contributed by atoms with Gasteiger partial charge in [0, 0.05) is 6.42 Å². The van der Waals surface area contributed by atoms with Crippen molar-refractivity contribution in [3.05, 3.63) is 30.1 Å². The molecule has 0 aliphatic carbocycles. The number of aryl methyl sites for hydroxylation is 1. The molecule has 7 nitrogen and oxygen atoms in total. The number of ether oxygens (including phenoxy) is 2. The third-order valence-electron chi connectivity index (χ3n) is 2.98. The summed E-state index contributed by atoms with van der Waals surface area (Å²) in [7, 11) is 1.72. The fraction of sp³-hybridized carbons (Fsp3) is 0.417. The zero-order chi connectivity index (χ0) is 13.2. The van der Waals surface area contributed by atoms with Gasteiger partial charge in [-0.2, -0.15) is 4.80 Å². The number of para-hydroxylation sites is 2. The van der Waals surface area contributed by atoms with E-state index in [1.54, 1.807) is 7.05 Å². The first kappa shape index (κ1) is 11.9. The number of hydrogen-bond acceptors (Lipinski definition) is 6. The average Bonchev–Trinajstić information content (AvgIpc) is 2.83. The molecular formula is C12H15N5O2. The van der Waals surface area contributed by atoms with Crippen molar-refractivity contribution in [2.45, 2.75) is 18.6 Å². The standard InChI is InChI=1S/C12H15N5O2/c1-17-15-12(14-16-17)6-8(13)11-7-18-9-4-2-3-5-10(9)19-11/h2-5,8,11H,6-7,13H2,1H3. The number of fused-ring (bicyclic) bond motifs is 1. The Morgan fingerprint density at radius 2 is 2.21 bits per heavy atom. The van der Waals surface area contributed by atoms with E-state index in [1.165, 1.54) is 4.80 Å². The van der Waals surface area contributed by atoms with E-state index >= 15 is 0 Å². The lowest BCUT2D eigenvalue weighted by Crippen LogP contribution is -2.46. The van der Waals surface area contributed by atoms with E-state index in [0.717, 1.165) is 11.5 Å². The van der Waals surface area contributed by atoms with E-state index in [2.05, 4.69) is 15.4 Å². The van der Waals surface area contributed by atoms with Gasteiger partial charge in [-0.1, -0.05) is 12.1 Å². The van der Waals surface area contributed by atoms with Gasteiger partial charge in [0.05, 0.1) is 13.1 Å². The highest BCUT2D eigenvalue weighted by molar-refractivity contribution is 5.40. The van der Waals surface area contributed by atoms with Crippen molar-refractivity contribution in [1.82, 2.24) is 20.2 Å². The molecule has 19 heavy (non-hydrogen) atoms. The minimum atomic E-state index is -0.238. The Labute approximate surface area is 110 Å². The topological polar surface area (TPSA) is 88.1 Å². The highest BCUT2D eigenvalue weighted by Crippen LogP contribution is 2.31. The molecule has 1 aliphatic heterocycles.